The van der Waals surface area contributed by atoms with Gasteiger partial charge in [0.15, 0.2) is 0 Å². The predicted molar refractivity (Wildman–Crippen MR) is 130 cm³/mol. The van der Waals surface area contributed by atoms with Crippen LogP contribution in [0.25, 0.3) is 16.7 Å². The highest BCUT2D eigenvalue weighted by molar-refractivity contribution is 5.94. The standard InChI is InChI=1S/C24H28N4O4.ClH/c1-3-31-23(29)16-26-10-12-27(13-11-26)19-6-5-7-20(15-19)28-17-25-21-14-18(8-9-22(21)28)24(30)32-4-2;/h5-9,14-15,17H,3-4,10-13,16H2,1-2H3;1H. The molecule has 0 spiro atoms. The minimum Gasteiger partial charge on any atom is -0.465 e. The Bertz CT molecular complexity index is 1110. The van der Waals surface area contributed by atoms with Crippen molar-refractivity contribution in [3.63, 3.8) is 0 Å². The summed E-state index contributed by atoms with van der Waals surface area (Å²) in [6.07, 6.45) is 1.77. The van der Waals surface area contributed by atoms with Crippen LogP contribution in [-0.2, 0) is 14.3 Å². The highest BCUT2D eigenvalue weighted by Crippen LogP contribution is 2.24. The molecule has 0 saturated carbocycles. The van der Waals surface area contributed by atoms with E-state index >= 15 is 0 Å². The highest BCUT2D eigenvalue weighted by atomic mass is 35.5. The van der Waals surface area contributed by atoms with E-state index in [-0.39, 0.29) is 24.3 Å². The topological polar surface area (TPSA) is 76.9 Å². The fourth-order valence-electron chi connectivity index (χ4n) is 3.95. The van der Waals surface area contributed by atoms with Crippen LogP contribution in [0.4, 0.5) is 5.69 Å². The second-order valence-corrected chi connectivity index (χ2v) is 7.63. The number of carbonyl (C=O) groups is 2. The number of anilines is 1. The van der Waals surface area contributed by atoms with Gasteiger partial charge in [-0.25, -0.2) is 9.78 Å². The minimum absolute atomic E-state index is 0. The lowest BCUT2D eigenvalue weighted by molar-refractivity contribution is -0.144. The third kappa shape index (κ3) is 5.64. The summed E-state index contributed by atoms with van der Waals surface area (Å²) >= 11 is 0. The molecular formula is C24H29ClN4O4. The van der Waals surface area contributed by atoms with Crippen molar-refractivity contribution in [2.45, 2.75) is 13.8 Å². The fraction of sp³-hybridized carbons (Fsp3) is 0.375. The maximum Gasteiger partial charge on any atom is 0.338 e. The summed E-state index contributed by atoms with van der Waals surface area (Å²) in [7, 11) is 0. The molecule has 0 N–H and O–H groups in total. The van der Waals surface area contributed by atoms with Crippen LogP contribution < -0.4 is 4.90 Å². The van der Waals surface area contributed by atoms with Crippen molar-refractivity contribution in [2.75, 3.05) is 50.8 Å². The van der Waals surface area contributed by atoms with Gasteiger partial charge in [-0.1, -0.05) is 6.07 Å². The van der Waals surface area contributed by atoms with Crippen molar-refractivity contribution in [1.29, 1.82) is 0 Å². The van der Waals surface area contributed by atoms with E-state index in [1.807, 2.05) is 29.7 Å². The summed E-state index contributed by atoms with van der Waals surface area (Å²) < 4.78 is 12.2. The van der Waals surface area contributed by atoms with E-state index in [1.54, 1.807) is 25.4 Å². The molecule has 0 bridgehead atoms. The van der Waals surface area contributed by atoms with E-state index in [0.717, 1.165) is 48.6 Å². The number of piperazine rings is 1. The van der Waals surface area contributed by atoms with Crippen molar-refractivity contribution in [1.82, 2.24) is 14.5 Å². The molecule has 3 aromatic rings. The third-order valence-corrected chi connectivity index (χ3v) is 5.56. The molecule has 0 unspecified atom stereocenters. The van der Waals surface area contributed by atoms with Gasteiger partial charge in [-0.3, -0.25) is 14.3 Å². The number of nitrogens with zero attached hydrogens (tertiary/aromatic N) is 4. The van der Waals surface area contributed by atoms with Crippen molar-refractivity contribution in [3.8, 4) is 5.69 Å². The number of carbonyl (C=O) groups excluding carboxylic acids is 2. The van der Waals surface area contributed by atoms with Gasteiger partial charge in [0.25, 0.3) is 0 Å². The quantitative estimate of drug-likeness (QED) is 0.488. The Hall–Kier alpha value is -3.10. The lowest BCUT2D eigenvalue weighted by Gasteiger charge is -2.35. The monoisotopic (exact) mass is 472 g/mol. The van der Waals surface area contributed by atoms with Gasteiger partial charge >= 0.3 is 11.9 Å². The number of ether oxygens (including phenoxy) is 2. The van der Waals surface area contributed by atoms with Crippen LogP contribution in [0.1, 0.15) is 24.2 Å². The number of esters is 2. The molecule has 33 heavy (non-hydrogen) atoms. The molecule has 1 aliphatic rings. The number of fused-ring (bicyclic) bond motifs is 1. The maximum absolute atomic E-state index is 12.0. The second kappa shape index (κ2) is 11.2. The number of hydrogen-bond donors (Lipinski definition) is 0. The average Bonchev–Trinajstić information content (AvgIpc) is 3.23. The predicted octanol–water partition coefficient (Wildman–Crippen LogP) is 3.31. The molecule has 0 radical (unpaired) electrons. The summed E-state index contributed by atoms with van der Waals surface area (Å²) in [6.45, 7) is 8.03. The Labute approximate surface area is 199 Å². The van der Waals surface area contributed by atoms with E-state index < -0.39 is 0 Å². The van der Waals surface area contributed by atoms with Gasteiger partial charge in [0.2, 0.25) is 0 Å². The van der Waals surface area contributed by atoms with Gasteiger partial charge in [0, 0.05) is 37.6 Å². The lowest BCUT2D eigenvalue weighted by Crippen LogP contribution is -2.48. The molecular weight excluding hydrogens is 444 g/mol. The van der Waals surface area contributed by atoms with Crippen LogP contribution in [0.3, 0.4) is 0 Å². The first-order chi connectivity index (χ1) is 15.6. The molecule has 176 valence electrons. The molecule has 9 heteroatoms. The summed E-state index contributed by atoms with van der Waals surface area (Å²) in [5.41, 5.74) is 4.30. The highest BCUT2D eigenvalue weighted by Gasteiger charge is 2.20. The maximum atomic E-state index is 12.0. The number of hydrogen-bond acceptors (Lipinski definition) is 7. The van der Waals surface area contributed by atoms with E-state index in [1.165, 1.54) is 0 Å². The molecule has 1 aromatic heterocycles. The Morgan fingerprint density at radius 1 is 0.939 bits per heavy atom. The van der Waals surface area contributed by atoms with E-state index in [0.29, 0.717) is 25.3 Å². The second-order valence-electron chi connectivity index (χ2n) is 7.63. The number of imidazole rings is 1. The summed E-state index contributed by atoms with van der Waals surface area (Å²) in [6, 6.07) is 13.7. The van der Waals surface area contributed by atoms with Gasteiger partial charge in [-0.15, -0.1) is 12.4 Å². The van der Waals surface area contributed by atoms with Crippen LogP contribution in [0, 0.1) is 0 Å². The van der Waals surface area contributed by atoms with Crippen LogP contribution in [0.15, 0.2) is 48.8 Å². The van der Waals surface area contributed by atoms with Crippen LogP contribution in [0.5, 0.6) is 0 Å². The Morgan fingerprint density at radius 3 is 2.39 bits per heavy atom. The molecule has 0 amide bonds. The molecule has 0 atom stereocenters. The largest absolute Gasteiger partial charge is 0.465 e. The summed E-state index contributed by atoms with van der Waals surface area (Å²) in [4.78, 5) is 32.7. The number of halogens is 1. The van der Waals surface area contributed by atoms with Gasteiger partial charge in [-0.05, 0) is 50.2 Å². The number of rotatable bonds is 7. The molecule has 1 aliphatic heterocycles. The Morgan fingerprint density at radius 2 is 1.67 bits per heavy atom. The van der Waals surface area contributed by atoms with Crippen molar-refractivity contribution >= 4 is 41.1 Å². The van der Waals surface area contributed by atoms with Crippen LogP contribution >= 0.6 is 12.4 Å². The van der Waals surface area contributed by atoms with E-state index in [2.05, 4.69) is 26.9 Å². The first-order valence-electron chi connectivity index (χ1n) is 11.0. The minimum atomic E-state index is -0.340. The summed E-state index contributed by atoms with van der Waals surface area (Å²) in [5.74, 6) is -0.505. The first-order valence-corrected chi connectivity index (χ1v) is 11.0. The molecule has 2 heterocycles. The van der Waals surface area contributed by atoms with Crippen molar-refractivity contribution in [2.24, 2.45) is 0 Å². The van der Waals surface area contributed by atoms with E-state index in [4.69, 9.17) is 9.47 Å². The van der Waals surface area contributed by atoms with Crippen LogP contribution in [0.2, 0.25) is 0 Å². The molecule has 1 fully saturated rings. The number of benzene rings is 2. The number of aromatic nitrogens is 2. The van der Waals surface area contributed by atoms with Gasteiger partial charge in [-0.2, -0.15) is 0 Å². The van der Waals surface area contributed by atoms with Gasteiger partial charge in [0.1, 0.15) is 6.33 Å². The average molecular weight is 473 g/mol. The smallest absolute Gasteiger partial charge is 0.338 e. The van der Waals surface area contributed by atoms with Crippen molar-refractivity contribution in [3.05, 3.63) is 54.4 Å². The molecule has 2 aromatic carbocycles. The summed E-state index contributed by atoms with van der Waals surface area (Å²) in [5, 5.41) is 0. The fourth-order valence-corrected chi connectivity index (χ4v) is 3.95. The lowest BCUT2D eigenvalue weighted by atomic mass is 10.2. The van der Waals surface area contributed by atoms with Gasteiger partial charge < -0.3 is 14.4 Å². The first kappa shape index (κ1) is 24.5. The SMILES string of the molecule is CCOC(=O)CN1CCN(c2cccc(-n3cnc4cc(C(=O)OCC)ccc43)c2)CC1.Cl. The van der Waals surface area contributed by atoms with Crippen LogP contribution in [-0.4, -0.2) is 72.3 Å². The zero-order valence-corrected chi connectivity index (χ0v) is 19.7. The molecule has 8 nitrogen and oxygen atoms in total. The van der Waals surface area contributed by atoms with Crippen molar-refractivity contribution < 1.29 is 19.1 Å². The zero-order chi connectivity index (χ0) is 22.5. The van der Waals surface area contributed by atoms with E-state index in [9.17, 15) is 9.59 Å². The zero-order valence-electron chi connectivity index (χ0n) is 18.9. The molecule has 4 rings (SSSR count). The Balaban J connectivity index is 0.00000306. The molecule has 0 aliphatic carbocycles. The third-order valence-electron chi connectivity index (χ3n) is 5.56. The Kier molecular flexibility index (Phi) is 8.30. The normalized spacial score (nSPS) is 14.1. The molecule has 1 saturated heterocycles. The van der Waals surface area contributed by atoms with Gasteiger partial charge in [0.05, 0.1) is 36.4 Å².